The predicted molar refractivity (Wildman–Crippen MR) is 102 cm³/mol. The van der Waals surface area contributed by atoms with Crippen LogP contribution in [0.3, 0.4) is 0 Å². The number of benzene rings is 2. The molecule has 0 fully saturated rings. The van der Waals surface area contributed by atoms with Crippen molar-refractivity contribution in [3.05, 3.63) is 75.0 Å². The molecule has 136 valence electrons. The summed E-state index contributed by atoms with van der Waals surface area (Å²) < 4.78 is 32.1. The molecular formula is C18H17ClN2O4S. The Bertz CT molecular complexity index is 1090. The summed E-state index contributed by atoms with van der Waals surface area (Å²) in [7, 11) is -2.04. The average Bonchev–Trinajstić information content (AvgIpc) is 2.61. The van der Waals surface area contributed by atoms with Crippen LogP contribution in [0.1, 0.15) is 11.1 Å². The van der Waals surface area contributed by atoms with E-state index >= 15 is 0 Å². The summed E-state index contributed by atoms with van der Waals surface area (Å²) in [6, 6.07) is 13.5. The van der Waals surface area contributed by atoms with Gasteiger partial charge in [-0.15, -0.1) is 0 Å². The highest BCUT2D eigenvalue weighted by Crippen LogP contribution is 2.19. The number of aromatic nitrogens is 1. The van der Waals surface area contributed by atoms with Crippen molar-refractivity contribution in [1.29, 1.82) is 0 Å². The molecule has 0 aliphatic rings. The molecule has 3 rings (SSSR count). The van der Waals surface area contributed by atoms with Gasteiger partial charge in [0.1, 0.15) is 5.75 Å². The van der Waals surface area contributed by atoms with Crippen molar-refractivity contribution in [2.75, 3.05) is 7.11 Å². The Morgan fingerprint density at radius 3 is 2.54 bits per heavy atom. The SMILES string of the molecule is COc1ccc2[nH]c(=O)c(CNS(=O)(=O)Cc3ccc(Cl)cc3)cc2c1. The van der Waals surface area contributed by atoms with Gasteiger partial charge >= 0.3 is 0 Å². The second-order valence-electron chi connectivity index (χ2n) is 5.78. The fourth-order valence-electron chi connectivity index (χ4n) is 2.53. The van der Waals surface area contributed by atoms with Crippen LogP contribution in [0.15, 0.2) is 53.3 Å². The number of aromatic amines is 1. The Labute approximate surface area is 155 Å². The third-order valence-corrected chi connectivity index (χ3v) is 5.43. The van der Waals surface area contributed by atoms with Crippen molar-refractivity contribution in [2.24, 2.45) is 0 Å². The van der Waals surface area contributed by atoms with E-state index in [1.54, 1.807) is 55.6 Å². The lowest BCUT2D eigenvalue weighted by molar-refractivity contribution is 0.415. The Morgan fingerprint density at radius 2 is 1.85 bits per heavy atom. The molecule has 1 heterocycles. The summed E-state index contributed by atoms with van der Waals surface area (Å²) in [4.78, 5) is 14.9. The quantitative estimate of drug-likeness (QED) is 0.675. The number of fused-ring (bicyclic) bond motifs is 1. The zero-order valence-electron chi connectivity index (χ0n) is 14.0. The number of ether oxygens (including phenoxy) is 1. The fourth-order valence-corrected chi connectivity index (χ4v) is 3.76. The first-order valence-electron chi connectivity index (χ1n) is 7.78. The molecule has 0 aliphatic heterocycles. The Hall–Kier alpha value is -2.35. The second-order valence-corrected chi connectivity index (χ2v) is 8.03. The van der Waals surface area contributed by atoms with Crippen LogP contribution < -0.4 is 15.0 Å². The summed E-state index contributed by atoms with van der Waals surface area (Å²) in [5, 5.41) is 1.30. The highest BCUT2D eigenvalue weighted by atomic mass is 35.5. The van der Waals surface area contributed by atoms with Crippen molar-refractivity contribution >= 4 is 32.5 Å². The number of hydrogen-bond donors (Lipinski definition) is 2. The first kappa shape index (κ1) is 18.4. The van der Waals surface area contributed by atoms with Crippen LogP contribution in [-0.4, -0.2) is 20.5 Å². The van der Waals surface area contributed by atoms with E-state index in [1.165, 1.54) is 0 Å². The van der Waals surface area contributed by atoms with Gasteiger partial charge in [0.15, 0.2) is 0 Å². The van der Waals surface area contributed by atoms with E-state index in [2.05, 4.69) is 9.71 Å². The molecule has 0 radical (unpaired) electrons. The van der Waals surface area contributed by atoms with Crippen LogP contribution in [0, 0.1) is 0 Å². The van der Waals surface area contributed by atoms with Gasteiger partial charge in [0, 0.05) is 28.0 Å². The zero-order chi connectivity index (χ0) is 18.7. The van der Waals surface area contributed by atoms with Gasteiger partial charge < -0.3 is 9.72 Å². The second kappa shape index (κ2) is 7.49. The van der Waals surface area contributed by atoms with Gasteiger partial charge in [-0.3, -0.25) is 4.79 Å². The molecule has 0 saturated heterocycles. The molecular weight excluding hydrogens is 376 g/mol. The van der Waals surface area contributed by atoms with Crippen molar-refractivity contribution < 1.29 is 13.2 Å². The largest absolute Gasteiger partial charge is 0.497 e. The Balaban J connectivity index is 1.78. The van der Waals surface area contributed by atoms with Gasteiger partial charge in [0.25, 0.3) is 5.56 Å². The highest BCUT2D eigenvalue weighted by Gasteiger charge is 2.13. The molecule has 0 spiro atoms. The van der Waals surface area contributed by atoms with Crippen LogP contribution in [0.25, 0.3) is 10.9 Å². The minimum atomic E-state index is -3.60. The highest BCUT2D eigenvalue weighted by molar-refractivity contribution is 7.88. The third kappa shape index (κ3) is 4.43. The number of sulfonamides is 1. The van der Waals surface area contributed by atoms with Crippen LogP contribution in [0.2, 0.25) is 5.02 Å². The molecule has 1 aromatic heterocycles. The maximum atomic E-state index is 12.3. The molecule has 26 heavy (non-hydrogen) atoms. The normalized spacial score (nSPS) is 11.6. The number of nitrogens with one attached hydrogen (secondary N) is 2. The van der Waals surface area contributed by atoms with Gasteiger partial charge in [0.2, 0.25) is 10.0 Å². The molecule has 0 saturated carbocycles. The Morgan fingerprint density at radius 1 is 1.12 bits per heavy atom. The monoisotopic (exact) mass is 392 g/mol. The topological polar surface area (TPSA) is 88.3 Å². The van der Waals surface area contributed by atoms with Gasteiger partial charge in [-0.2, -0.15) is 0 Å². The molecule has 0 aliphatic carbocycles. The van der Waals surface area contributed by atoms with Gasteiger partial charge in [0.05, 0.1) is 12.9 Å². The van der Waals surface area contributed by atoms with Crippen molar-refractivity contribution in [3.63, 3.8) is 0 Å². The fraction of sp³-hybridized carbons (Fsp3) is 0.167. The van der Waals surface area contributed by atoms with Crippen LogP contribution in [0.5, 0.6) is 5.75 Å². The van der Waals surface area contributed by atoms with E-state index in [4.69, 9.17) is 16.3 Å². The van der Waals surface area contributed by atoms with E-state index in [0.717, 1.165) is 5.39 Å². The van der Waals surface area contributed by atoms with Crippen molar-refractivity contribution in [1.82, 2.24) is 9.71 Å². The van der Waals surface area contributed by atoms with E-state index in [0.29, 0.717) is 27.4 Å². The van der Waals surface area contributed by atoms with Crippen LogP contribution >= 0.6 is 11.6 Å². The molecule has 0 unspecified atom stereocenters. The Kier molecular flexibility index (Phi) is 5.31. The van der Waals surface area contributed by atoms with Crippen LogP contribution in [-0.2, 0) is 22.3 Å². The molecule has 0 bridgehead atoms. The summed E-state index contributed by atoms with van der Waals surface area (Å²) >= 11 is 5.80. The molecule has 0 atom stereocenters. The van der Waals surface area contributed by atoms with Crippen LogP contribution in [0.4, 0.5) is 0 Å². The van der Waals surface area contributed by atoms with E-state index in [9.17, 15) is 13.2 Å². The summed E-state index contributed by atoms with van der Waals surface area (Å²) in [5.41, 5.74) is 1.25. The predicted octanol–water partition coefficient (Wildman–Crippen LogP) is 2.81. The van der Waals surface area contributed by atoms with Gasteiger partial charge in [-0.25, -0.2) is 13.1 Å². The molecule has 2 N–H and O–H groups in total. The number of pyridine rings is 1. The van der Waals surface area contributed by atoms with Crippen molar-refractivity contribution in [3.8, 4) is 5.75 Å². The van der Waals surface area contributed by atoms with E-state index < -0.39 is 10.0 Å². The maximum absolute atomic E-state index is 12.3. The summed E-state index contributed by atoms with van der Waals surface area (Å²) in [6.45, 7) is -0.0988. The standard InChI is InChI=1S/C18H17ClN2O4S/c1-25-16-6-7-17-13(9-16)8-14(18(22)21-17)10-20-26(23,24)11-12-2-4-15(19)5-3-12/h2-9,20H,10-11H2,1H3,(H,21,22). The molecule has 0 amide bonds. The lowest BCUT2D eigenvalue weighted by Crippen LogP contribution is -2.28. The van der Waals surface area contributed by atoms with Crippen molar-refractivity contribution in [2.45, 2.75) is 12.3 Å². The lowest BCUT2D eigenvalue weighted by Gasteiger charge is -2.08. The number of hydrogen-bond acceptors (Lipinski definition) is 4. The summed E-state index contributed by atoms with van der Waals surface area (Å²) in [6.07, 6.45) is 0. The van der Waals surface area contributed by atoms with E-state index in [-0.39, 0.29) is 17.9 Å². The number of rotatable bonds is 6. The zero-order valence-corrected chi connectivity index (χ0v) is 15.5. The molecule has 2 aromatic carbocycles. The maximum Gasteiger partial charge on any atom is 0.252 e. The smallest absolute Gasteiger partial charge is 0.252 e. The lowest BCUT2D eigenvalue weighted by atomic mass is 10.1. The molecule has 8 heteroatoms. The average molecular weight is 393 g/mol. The molecule has 3 aromatic rings. The van der Waals surface area contributed by atoms with Gasteiger partial charge in [-0.1, -0.05) is 23.7 Å². The minimum absolute atomic E-state index is 0.0988. The van der Waals surface area contributed by atoms with E-state index in [1.807, 2.05) is 0 Å². The number of H-pyrrole nitrogens is 1. The first-order chi connectivity index (χ1) is 12.4. The summed E-state index contributed by atoms with van der Waals surface area (Å²) in [5.74, 6) is 0.461. The number of methoxy groups -OCH3 is 1. The molecule has 6 nitrogen and oxygen atoms in total. The van der Waals surface area contributed by atoms with Gasteiger partial charge in [-0.05, 0) is 42.0 Å². The first-order valence-corrected chi connectivity index (χ1v) is 9.81. The number of halogens is 1. The third-order valence-electron chi connectivity index (χ3n) is 3.88. The minimum Gasteiger partial charge on any atom is -0.497 e.